The van der Waals surface area contributed by atoms with Crippen molar-refractivity contribution in [1.82, 2.24) is 0 Å². The first-order chi connectivity index (χ1) is 16.2. The van der Waals surface area contributed by atoms with Crippen molar-refractivity contribution in [3.8, 4) is 0 Å². The van der Waals surface area contributed by atoms with Crippen LogP contribution in [0.25, 0.3) is 0 Å². The summed E-state index contributed by atoms with van der Waals surface area (Å²) in [6.07, 6.45) is 3.96. The molecule has 0 aliphatic heterocycles. The number of Topliss-reactive ketones (excluding diaryl/α,β-unsaturated/α-hetero) is 1. The SMILES string of the molecule is CC[C@@H](C(C)C)[C@@H](O)[C@H](O)[C@@H](C)[C@H]1CC[C@H]2[C@@H]3CC(=O)[C@@]4(O)C[C@H](Br)[C@@H](O)C[C@]4(C)[C@H]3CC[C@]12C. The van der Waals surface area contributed by atoms with Gasteiger partial charge in [0.1, 0.15) is 5.60 Å². The summed E-state index contributed by atoms with van der Waals surface area (Å²) in [5.41, 5.74) is -1.96. The summed E-state index contributed by atoms with van der Waals surface area (Å²) >= 11 is 3.51. The molecule has 4 aliphatic rings. The molecule has 6 heteroatoms. The van der Waals surface area contributed by atoms with Crippen LogP contribution >= 0.6 is 15.9 Å². The quantitative estimate of drug-likeness (QED) is 0.355. The zero-order valence-electron chi connectivity index (χ0n) is 22.6. The molecule has 0 spiro atoms. The van der Waals surface area contributed by atoms with E-state index in [0.29, 0.717) is 30.6 Å². The molecule has 4 N–H and O–H groups in total. The highest BCUT2D eigenvalue weighted by atomic mass is 79.9. The molecule has 35 heavy (non-hydrogen) atoms. The zero-order valence-corrected chi connectivity index (χ0v) is 24.2. The van der Waals surface area contributed by atoms with Crippen molar-refractivity contribution >= 4 is 21.7 Å². The topological polar surface area (TPSA) is 98.0 Å². The van der Waals surface area contributed by atoms with Gasteiger partial charge in [-0.05, 0) is 85.4 Å². The average molecular weight is 558 g/mol. The number of fused-ring (bicyclic) bond motifs is 5. The summed E-state index contributed by atoms with van der Waals surface area (Å²) < 4.78 is 0. The lowest BCUT2D eigenvalue weighted by Gasteiger charge is -2.63. The molecule has 0 amide bonds. The molecular formula is C29H49BrO5. The molecule has 0 heterocycles. The van der Waals surface area contributed by atoms with Gasteiger partial charge in [0.05, 0.1) is 18.3 Å². The molecule has 0 aromatic rings. The Balaban J connectivity index is 1.58. The van der Waals surface area contributed by atoms with E-state index in [0.717, 1.165) is 32.1 Å². The monoisotopic (exact) mass is 556 g/mol. The van der Waals surface area contributed by atoms with Gasteiger partial charge >= 0.3 is 0 Å². The Bertz CT molecular complexity index is 804. The Hall–Kier alpha value is -0.0100. The lowest BCUT2D eigenvalue weighted by molar-refractivity contribution is -0.212. The van der Waals surface area contributed by atoms with Gasteiger partial charge in [-0.3, -0.25) is 4.79 Å². The van der Waals surface area contributed by atoms with Gasteiger partial charge < -0.3 is 20.4 Å². The minimum absolute atomic E-state index is 0.0121. The number of halogens is 1. The number of hydrogen-bond acceptors (Lipinski definition) is 5. The molecule has 0 aromatic carbocycles. The van der Waals surface area contributed by atoms with Crippen LogP contribution < -0.4 is 0 Å². The second kappa shape index (κ2) is 9.63. The predicted molar refractivity (Wildman–Crippen MR) is 141 cm³/mol. The van der Waals surface area contributed by atoms with E-state index in [1.807, 2.05) is 0 Å². The first kappa shape index (κ1) is 28.0. The highest BCUT2D eigenvalue weighted by Gasteiger charge is 2.68. The van der Waals surface area contributed by atoms with Crippen molar-refractivity contribution in [2.75, 3.05) is 0 Å². The number of aliphatic hydroxyl groups is 4. The maximum Gasteiger partial charge on any atom is 0.165 e. The molecule has 0 radical (unpaired) electrons. The molecule has 4 fully saturated rings. The van der Waals surface area contributed by atoms with E-state index < -0.39 is 29.3 Å². The molecular weight excluding hydrogens is 508 g/mol. The van der Waals surface area contributed by atoms with Crippen molar-refractivity contribution in [3.05, 3.63) is 0 Å². The predicted octanol–water partition coefficient (Wildman–Crippen LogP) is 4.71. The van der Waals surface area contributed by atoms with E-state index in [4.69, 9.17) is 0 Å². The molecule has 13 atom stereocenters. The zero-order chi connectivity index (χ0) is 26.1. The number of ketones is 1. The Morgan fingerprint density at radius 3 is 2.29 bits per heavy atom. The normalized spacial score (nSPS) is 49.1. The second-order valence-electron chi connectivity index (χ2n) is 13.7. The average Bonchev–Trinajstić information content (AvgIpc) is 3.13. The van der Waals surface area contributed by atoms with Gasteiger partial charge in [-0.25, -0.2) is 0 Å². The van der Waals surface area contributed by atoms with Gasteiger partial charge in [-0.1, -0.05) is 63.9 Å². The van der Waals surface area contributed by atoms with E-state index in [2.05, 4.69) is 57.5 Å². The third kappa shape index (κ3) is 4.11. The van der Waals surface area contributed by atoms with Gasteiger partial charge in [0, 0.05) is 16.7 Å². The van der Waals surface area contributed by atoms with Crippen molar-refractivity contribution in [2.24, 2.45) is 52.3 Å². The number of alkyl halides is 1. The summed E-state index contributed by atoms with van der Waals surface area (Å²) in [4.78, 5) is 13.3. The van der Waals surface area contributed by atoms with E-state index in [-0.39, 0.29) is 46.1 Å². The first-order valence-corrected chi connectivity index (χ1v) is 15.1. The van der Waals surface area contributed by atoms with Crippen molar-refractivity contribution in [1.29, 1.82) is 0 Å². The largest absolute Gasteiger partial charge is 0.392 e. The third-order valence-electron chi connectivity index (χ3n) is 12.0. The standard InChI is InChI=1S/C29H49BrO5/c1-7-17(15(2)3)26(34)25(33)16(4)19-8-9-20-18-12-24(32)29(35)13-22(30)23(31)14-28(29,6)21(18)10-11-27(19,20)5/h15-23,25-26,31,33-35H,7-14H2,1-6H3/t16-,17-,18-,19+,20-,21-,22-,23-,25+,26+,27+,28+,29-/m0/s1. The second-order valence-corrected chi connectivity index (χ2v) is 14.8. The van der Waals surface area contributed by atoms with Crippen molar-refractivity contribution < 1.29 is 25.2 Å². The summed E-state index contributed by atoms with van der Waals surface area (Å²) in [6.45, 7) is 12.8. The van der Waals surface area contributed by atoms with Crippen LogP contribution in [0.2, 0.25) is 0 Å². The molecule has 5 nitrogen and oxygen atoms in total. The Kier molecular flexibility index (Phi) is 7.70. The highest BCUT2D eigenvalue weighted by molar-refractivity contribution is 9.09. The smallest absolute Gasteiger partial charge is 0.165 e. The first-order valence-electron chi connectivity index (χ1n) is 14.2. The van der Waals surface area contributed by atoms with Crippen LogP contribution in [0.1, 0.15) is 92.9 Å². The number of rotatable bonds is 6. The fraction of sp³-hybridized carbons (Fsp3) is 0.966. The fourth-order valence-corrected chi connectivity index (χ4v) is 10.5. The van der Waals surface area contributed by atoms with E-state index in [1.54, 1.807) is 0 Å². The molecule has 202 valence electrons. The minimum atomic E-state index is -1.37. The third-order valence-corrected chi connectivity index (χ3v) is 12.9. The van der Waals surface area contributed by atoms with E-state index in [9.17, 15) is 25.2 Å². The summed E-state index contributed by atoms with van der Waals surface area (Å²) in [6, 6.07) is 0. The number of aliphatic hydroxyl groups excluding tert-OH is 3. The van der Waals surface area contributed by atoms with Crippen LogP contribution in [0.5, 0.6) is 0 Å². The van der Waals surface area contributed by atoms with Gasteiger partial charge in [0.15, 0.2) is 5.78 Å². The van der Waals surface area contributed by atoms with Gasteiger partial charge in [-0.2, -0.15) is 0 Å². The van der Waals surface area contributed by atoms with Crippen LogP contribution in [-0.2, 0) is 4.79 Å². The Labute approximate surface area is 220 Å². The van der Waals surface area contributed by atoms with Gasteiger partial charge in [0.25, 0.3) is 0 Å². The number of carbonyl (C=O) groups excluding carboxylic acids is 1. The molecule has 4 aliphatic carbocycles. The van der Waals surface area contributed by atoms with Crippen LogP contribution in [0.3, 0.4) is 0 Å². The van der Waals surface area contributed by atoms with Crippen LogP contribution in [0.15, 0.2) is 0 Å². The fourth-order valence-electron chi connectivity index (χ4n) is 9.83. The van der Waals surface area contributed by atoms with E-state index in [1.165, 1.54) is 0 Å². The van der Waals surface area contributed by atoms with Crippen LogP contribution in [0, 0.1) is 52.3 Å². The highest BCUT2D eigenvalue weighted by Crippen LogP contribution is 2.68. The van der Waals surface area contributed by atoms with Crippen molar-refractivity contribution in [2.45, 2.75) is 122 Å². The maximum atomic E-state index is 13.5. The summed E-state index contributed by atoms with van der Waals surface area (Å²) in [5.74, 6) is 1.44. The summed E-state index contributed by atoms with van der Waals surface area (Å²) in [7, 11) is 0. The maximum absolute atomic E-state index is 13.5. The van der Waals surface area contributed by atoms with Gasteiger partial charge in [0.2, 0.25) is 0 Å². The molecule has 0 bridgehead atoms. The Morgan fingerprint density at radius 1 is 1.03 bits per heavy atom. The molecule has 4 saturated carbocycles. The lowest BCUT2D eigenvalue weighted by atomic mass is 9.42. The van der Waals surface area contributed by atoms with E-state index >= 15 is 0 Å². The minimum Gasteiger partial charge on any atom is -0.392 e. The Morgan fingerprint density at radius 2 is 1.69 bits per heavy atom. The molecule has 0 saturated heterocycles. The number of carbonyl (C=O) groups is 1. The molecule has 0 aromatic heterocycles. The lowest BCUT2D eigenvalue weighted by Crippen LogP contribution is -2.68. The van der Waals surface area contributed by atoms with Crippen molar-refractivity contribution in [3.63, 3.8) is 0 Å². The summed E-state index contributed by atoms with van der Waals surface area (Å²) in [5, 5.41) is 44.8. The molecule has 0 unspecified atom stereocenters. The van der Waals surface area contributed by atoms with Gasteiger partial charge in [-0.15, -0.1) is 0 Å². The van der Waals surface area contributed by atoms with Crippen LogP contribution in [-0.4, -0.2) is 54.9 Å². The van der Waals surface area contributed by atoms with Crippen LogP contribution in [0.4, 0.5) is 0 Å². The molecule has 4 rings (SSSR count). The number of hydrogen-bond donors (Lipinski definition) is 4.